The Morgan fingerprint density at radius 3 is 3.00 bits per heavy atom. The summed E-state index contributed by atoms with van der Waals surface area (Å²) in [5, 5.41) is 13.9. The molecular formula is C11H13BrN4O2S2. The molecule has 0 spiro atoms. The molecular weight excluding hydrogens is 364 g/mol. The molecule has 0 aromatic carbocycles. The van der Waals surface area contributed by atoms with Crippen molar-refractivity contribution in [3.05, 3.63) is 30.1 Å². The van der Waals surface area contributed by atoms with Crippen molar-refractivity contribution in [3.63, 3.8) is 0 Å². The van der Waals surface area contributed by atoms with Crippen molar-refractivity contribution < 1.29 is 8.42 Å². The minimum atomic E-state index is -2.99. The van der Waals surface area contributed by atoms with E-state index < -0.39 is 9.84 Å². The van der Waals surface area contributed by atoms with Crippen LogP contribution < -0.4 is 0 Å². The van der Waals surface area contributed by atoms with E-state index in [0.29, 0.717) is 5.17 Å². The van der Waals surface area contributed by atoms with Crippen LogP contribution in [0.2, 0.25) is 0 Å². The minimum Gasteiger partial charge on any atom is -0.277 e. The molecule has 0 amide bonds. The maximum atomic E-state index is 11.6. The number of rotatable bonds is 2. The molecule has 3 rings (SSSR count). The zero-order valence-corrected chi connectivity index (χ0v) is 13.7. The van der Waals surface area contributed by atoms with Gasteiger partial charge in [-0.2, -0.15) is 5.10 Å². The Labute approximate surface area is 131 Å². The Bertz CT molecular complexity index is 635. The Kier molecular flexibility index (Phi) is 4.50. The van der Waals surface area contributed by atoms with Gasteiger partial charge in [-0.1, -0.05) is 17.8 Å². The second-order valence-corrected chi connectivity index (χ2v) is 7.86. The third-order valence-corrected chi connectivity index (χ3v) is 6.19. The highest BCUT2D eigenvalue weighted by atomic mass is 79.9. The van der Waals surface area contributed by atoms with Crippen molar-refractivity contribution >= 4 is 50.0 Å². The Morgan fingerprint density at radius 2 is 2.30 bits per heavy atom. The molecule has 1 aromatic heterocycles. The van der Waals surface area contributed by atoms with Gasteiger partial charge in [0.05, 0.1) is 23.8 Å². The monoisotopic (exact) mass is 376 g/mol. The predicted octanol–water partition coefficient (Wildman–Crippen LogP) is 1.14. The molecule has 0 saturated carbocycles. The number of pyridine rings is 1. The van der Waals surface area contributed by atoms with E-state index in [1.807, 2.05) is 6.07 Å². The van der Waals surface area contributed by atoms with E-state index in [4.69, 9.17) is 5.41 Å². The lowest BCUT2D eigenvalue weighted by Gasteiger charge is -2.17. The van der Waals surface area contributed by atoms with Gasteiger partial charge >= 0.3 is 0 Å². The molecule has 20 heavy (non-hydrogen) atoms. The van der Waals surface area contributed by atoms with Crippen LogP contribution in [0.4, 0.5) is 0 Å². The van der Waals surface area contributed by atoms with Crippen LogP contribution in [-0.2, 0) is 9.84 Å². The lowest BCUT2D eigenvalue weighted by molar-refractivity contribution is 0.376. The lowest BCUT2D eigenvalue weighted by Crippen LogP contribution is -2.32. The molecule has 2 fully saturated rings. The first-order valence-corrected chi connectivity index (χ1v) is 8.44. The third kappa shape index (κ3) is 3.04. The van der Waals surface area contributed by atoms with E-state index in [2.05, 4.69) is 10.1 Å². The summed E-state index contributed by atoms with van der Waals surface area (Å²) in [7, 11) is -2.99. The maximum Gasteiger partial charge on any atom is 0.177 e. The number of hydrazone groups is 1. The van der Waals surface area contributed by atoms with Crippen LogP contribution >= 0.6 is 28.7 Å². The van der Waals surface area contributed by atoms with Crippen LogP contribution in [0.3, 0.4) is 0 Å². The number of nitrogens with one attached hydrogen (secondary N) is 1. The summed E-state index contributed by atoms with van der Waals surface area (Å²) in [6.45, 7) is 0. The summed E-state index contributed by atoms with van der Waals surface area (Å²) in [5.74, 6) is 0.223. The van der Waals surface area contributed by atoms with Crippen LogP contribution in [0.25, 0.3) is 0 Å². The van der Waals surface area contributed by atoms with Gasteiger partial charge in [-0.25, -0.2) is 13.4 Å². The number of thioether (sulfide) groups is 1. The molecule has 2 saturated heterocycles. The Hall–Kier alpha value is -0.930. The smallest absolute Gasteiger partial charge is 0.177 e. The van der Waals surface area contributed by atoms with Crippen LogP contribution in [0.15, 0.2) is 29.6 Å². The lowest BCUT2D eigenvalue weighted by atomic mass is 10.2. The van der Waals surface area contributed by atoms with Gasteiger partial charge in [0.15, 0.2) is 15.0 Å². The number of nitrogens with zero attached hydrogens (tertiary/aromatic N) is 3. The van der Waals surface area contributed by atoms with Gasteiger partial charge in [0.2, 0.25) is 0 Å². The van der Waals surface area contributed by atoms with Crippen molar-refractivity contribution in [2.24, 2.45) is 5.10 Å². The summed E-state index contributed by atoms with van der Waals surface area (Å²) in [5.41, 5.74) is 0.824. The summed E-state index contributed by atoms with van der Waals surface area (Å²) in [6.07, 6.45) is 4.94. The second kappa shape index (κ2) is 5.82. The first-order valence-electron chi connectivity index (χ1n) is 5.74. The Morgan fingerprint density at radius 1 is 1.50 bits per heavy atom. The maximum absolute atomic E-state index is 11.6. The van der Waals surface area contributed by atoms with E-state index >= 15 is 0 Å². The van der Waals surface area contributed by atoms with Gasteiger partial charge in [0.25, 0.3) is 0 Å². The number of sulfone groups is 1. The number of aromatic nitrogens is 1. The average Bonchev–Trinajstić information content (AvgIpc) is 2.79. The third-order valence-electron chi connectivity index (χ3n) is 3.07. The molecule has 2 unspecified atom stereocenters. The fourth-order valence-corrected chi connectivity index (χ4v) is 5.92. The van der Waals surface area contributed by atoms with Crippen LogP contribution in [-0.4, -0.2) is 52.6 Å². The molecule has 9 heteroatoms. The summed E-state index contributed by atoms with van der Waals surface area (Å²) in [6, 6.07) is 3.44. The molecule has 3 heterocycles. The molecule has 2 aliphatic rings. The quantitative estimate of drug-likeness (QED) is 0.782. The normalized spacial score (nSPS) is 27.6. The van der Waals surface area contributed by atoms with Gasteiger partial charge in [-0.05, 0) is 6.07 Å². The zero-order valence-electron chi connectivity index (χ0n) is 10.3. The van der Waals surface area contributed by atoms with E-state index in [-0.39, 0.29) is 39.8 Å². The molecule has 2 atom stereocenters. The van der Waals surface area contributed by atoms with Crippen molar-refractivity contribution in [1.29, 1.82) is 5.41 Å². The molecule has 6 nitrogen and oxygen atoms in total. The highest BCUT2D eigenvalue weighted by Gasteiger charge is 2.48. The van der Waals surface area contributed by atoms with Crippen molar-refractivity contribution in [3.8, 4) is 0 Å². The molecule has 0 bridgehead atoms. The molecule has 108 valence electrons. The number of hydrogen-bond donors (Lipinski definition) is 1. The zero-order chi connectivity index (χ0) is 13.5. The van der Waals surface area contributed by atoms with Crippen LogP contribution in [0.1, 0.15) is 5.56 Å². The summed E-state index contributed by atoms with van der Waals surface area (Å²) >= 11 is 1.28. The predicted molar refractivity (Wildman–Crippen MR) is 85.5 cm³/mol. The fraction of sp³-hybridized carbons (Fsp3) is 0.364. The van der Waals surface area contributed by atoms with E-state index in [0.717, 1.165) is 5.56 Å². The van der Waals surface area contributed by atoms with Crippen molar-refractivity contribution in [2.45, 2.75) is 11.3 Å². The number of halogens is 1. The highest BCUT2D eigenvalue weighted by molar-refractivity contribution is 8.93. The van der Waals surface area contributed by atoms with Gasteiger partial charge in [-0.15, -0.1) is 17.0 Å². The van der Waals surface area contributed by atoms with Gasteiger partial charge in [-0.3, -0.25) is 10.4 Å². The summed E-state index contributed by atoms with van der Waals surface area (Å²) < 4.78 is 23.2. The molecule has 1 aromatic rings. The van der Waals surface area contributed by atoms with E-state index in [1.165, 1.54) is 16.8 Å². The van der Waals surface area contributed by atoms with Crippen molar-refractivity contribution in [1.82, 2.24) is 9.99 Å². The highest BCUT2D eigenvalue weighted by Crippen LogP contribution is 2.37. The minimum absolute atomic E-state index is 0. The van der Waals surface area contributed by atoms with E-state index in [1.54, 1.807) is 24.7 Å². The van der Waals surface area contributed by atoms with E-state index in [9.17, 15) is 8.42 Å². The van der Waals surface area contributed by atoms with Gasteiger partial charge < -0.3 is 0 Å². The summed E-state index contributed by atoms with van der Waals surface area (Å²) in [4.78, 5) is 3.97. The fourth-order valence-electron chi connectivity index (χ4n) is 2.20. The molecule has 0 aliphatic carbocycles. The first-order chi connectivity index (χ1) is 9.05. The second-order valence-electron chi connectivity index (χ2n) is 4.48. The van der Waals surface area contributed by atoms with Crippen LogP contribution in [0, 0.1) is 5.41 Å². The molecule has 1 N–H and O–H groups in total. The van der Waals surface area contributed by atoms with Gasteiger partial charge in [0.1, 0.15) is 0 Å². The largest absolute Gasteiger partial charge is 0.277 e. The molecule has 0 radical (unpaired) electrons. The Balaban J connectivity index is 0.00000147. The van der Waals surface area contributed by atoms with Crippen LogP contribution in [0.5, 0.6) is 0 Å². The average molecular weight is 377 g/mol. The van der Waals surface area contributed by atoms with Gasteiger partial charge in [0, 0.05) is 23.2 Å². The first kappa shape index (κ1) is 15.5. The number of amidine groups is 1. The SMILES string of the molecule is Br.N=C1SC2CS(=O)(=O)CC2N1N=Cc1cccnc1. The number of hydrogen-bond acceptors (Lipinski definition) is 6. The molecule has 2 aliphatic heterocycles. The number of fused-ring (bicyclic) bond motifs is 1. The van der Waals surface area contributed by atoms with Crippen molar-refractivity contribution in [2.75, 3.05) is 11.5 Å². The topological polar surface area (TPSA) is 86.5 Å². The standard InChI is InChI=1S/C11H12N4O2S2.BrH/c12-11-15(14-5-8-2-1-3-13-4-8)9-6-19(16,17)7-10(9)18-11;/h1-5,9-10,12H,6-7H2;1H.